The highest BCUT2D eigenvalue weighted by atomic mass is 35.5. The number of hydrogen-bond donors (Lipinski definition) is 2. The zero-order chi connectivity index (χ0) is 15.0. The van der Waals surface area contributed by atoms with Crippen molar-refractivity contribution in [1.29, 1.82) is 0 Å². The van der Waals surface area contributed by atoms with Crippen molar-refractivity contribution in [2.45, 2.75) is 19.4 Å². The zero-order valence-electron chi connectivity index (χ0n) is 11.1. The Labute approximate surface area is 125 Å². The third-order valence-corrected chi connectivity index (χ3v) is 3.74. The first-order valence-electron chi connectivity index (χ1n) is 6.31. The van der Waals surface area contributed by atoms with Gasteiger partial charge in [0, 0.05) is 10.7 Å². The van der Waals surface area contributed by atoms with E-state index < -0.39 is 6.04 Å². The van der Waals surface area contributed by atoms with E-state index in [1.165, 1.54) is 11.0 Å². The third kappa shape index (κ3) is 2.47. The van der Waals surface area contributed by atoms with Crippen LogP contribution in [0.1, 0.15) is 18.0 Å². The molecule has 0 fully saturated rings. The number of rotatable bonds is 2. The number of fused-ring (bicyclic) bond motifs is 1. The van der Waals surface area contributed by atoms with Gasteiger partial charge in [0.15, 0.2) is 0 Å². The van der Waals surface area contributed by atoms with Crippen molar-refractivity contribution in [2.75, 3.05) is 10.6 Å². The van der Waals surface area contributed by atoms with E-state index in [9.17, 15) is 9.59 Å². The molecule has 2 amide bonds. The summed E-state index contributed by atoms with van der Waals surface area (Å²) < 4.78 is 1.40. The highest BCUT2D eigenvalue weighted by molar-refractivity contribution is 6.31. The minimum atomic E-state index is -0.727. The number of anilines is 2. The lowest BCUT2D eigenvalue weighted by atomic mass is 10.1. The molecule has 108 valence electrons. The molecule has 21 heavy (non-hydrogen) atoms. The molecule has 2 aromatic rings. The number of hydrogen-bond acceptors (Lipinski definition) is 4. The molecular formula is C13H12ClN5O2. The van der Waals surface area contributed by atoms with Gasteiger partial charge in [-0.1, -0.05) is 17.7 Å². The number of nitrogens with one attached hydrogen (secondary N) is 2. The van der Waals surface area contributed by atoms with Gasteiger partial charge in [-0.25, -0.2) is 4.68 Å². The molecule has 1 unspecified atom stereocenters. The topological polar surface area (TPSA) is 88.9 Å². The fourth-order valence-corrected chi connectivity index (χ4v) is 2.34. The summed E-state index contributed by atoms with van der Waals surface area (Å²) in [7, 11) is 0. The Bertz CT molecular complexity index is 727. The maximum Gasteiger partial charge on any atom is 0.249 e. The van der Waals surface area contributed by atoms with E-state index in [0.717, 1.165) is 5.56 Å². The maximum atomic E-state index is 12.4. The first kappa shape index (κ1) is 13.6. The predicted octanol–water partition coefficient (Wildman–Crippen LogP) is 1.76. The van der Waals surface area contributed by atoms with Crippen LogP contribution in [0.3, 0.4) is 0 Å². The quantitative estimate of drug-likeness (QED) is 0.885. The molecule has 1 aliphatic rings. The molecule has 1 aliphatic heterocycles. The summed E-state index contributed by atoms with van der Waals surface area (Å²) >= 11 is 6.03. The molecule has 3 rings (SSSR count). The second kappa shape index (κ2) is 5.17. The Morgan fingerprint density at radius 2 is 2.33 bits per heavy atom. The number of aromatic nitrogens is 3. The lowest BCUT2D eigenvalue weighted by Gasteiger charge is -2.23. The molecule has 2 N–H and O–H groups in total. The average molecular weight is 306 g/mol. The molecule has 8 heteroatoms. The van der Waals surface area contributed by atoms with Crippen LogP contribution >= 0.6 is 11.6 Å². The van der Waals surface area contributed by atoms with E-state index in [2.05, 4.69) is 20.7 Å². The van der Waals surface area contributed by atoms with Crippen LogP contribution in [0.15, 0.2) is 24.5 Å². The van der Waals surface area contributed by atoms with Crippen LogP contribution in [0, 0.1) is 6.92 Å². The largest absolute Gasteiger partial charge is 0.324 e. The Morgan fingerprint density at radius 1 is 1.52 bits per heavy atom. The van der Waals surface area contributed by atoms with E-state index in [4.69, 9.17) is 11.6 Å². The molecule has 0 aliphatic carbocycles. The van der Waals surface area contributed by atoms with Crippen molar-refractivity contribution in [3.8, 4) is 0 Å². The van der Waals surface area contributed by atoms with Crippen LogP contribution in [0.4, 0.5) is 11.6 Å². The van der Waals surface area contributed by atoms with E-state index in [0.29, 0.717) is 10.7 Å². The van der Waals surface area contributed by atoms with E-state index in [-0.39, 0.29) is 24.2 Å². The predicted molar refractivity (Wildman–Crippen MR) is 77.1 cm³/mol. The summed E-state index contributed by atoms with van der Waals surface area (Å²) in [5.74, 6) is -0.324. The standard InChI is InChI=1S/C13H12ClN5O2/c1-7-8(14)3-2-4-9(7)17-12(21)10-5-11(20)18-13-15-6-16-19(10)13/h2-4,6,10H,5H2,1H3,(H,17,21)(H,15,16,18,20). The number of halogens is 1. The molecule has 0 saturated carbocycles. The van der Waals surface area contributed by atoms with Crippen molar-refractivity contribution in [1.82, 2.24) is 14.8 Å². The van der Waals surface area contributed by atoms with Gasteiger partial charge < -0.3 is 5.32 Å². The van der Waals surface area contributed by atoms with E-state index in [1.807, 2.05) is 6.92 Å². The minimum absolute atomic E-state index is 0.0157. The van der Waals surface area contributed by atoms with Gasteiger partial charge in [0.2, 0.25) is 17.8 Å². The molecule has 2 heterocycles. The van der Waals surface area contributed by atoms with Crippen molar-refractivity contribution in [2.24, 2.45) is 0 Å². The lowest BCUT2D eigenvalue weighted by Crippen LogP contribution is -2.36. The molecular weight excluding hydrogens is 294 g/mol. The van der Waals surface area contributed by atoms with Gasteiger partial charge in [-0.05, 0) is 24.6 Å². The summed E-state index contributed by atoms with van der Waals surface area (Å²) in [5.41, 5.74) is 1.38. The zero-order valence-corrected chi connectivity index (χ0v) is 11.9. The Kier molecular flexibility index (Phi) is 3.34. The average Bonchev–Trinajstić information content (AvgIpc) is 2.90. The van der Waals surface area contributed by atoms with Gasteiger partial charge in [-0.3, -0.25) is 14.9 Å². The first-order valence-corrected chi connectivity index (χ1v) is 6.69. The van der Waals surface area contributed by atoms with Crippen LogP contribution in [0.25, 0.3) is 0 Å². The van der Waals surface area contributed by atoms with Crippen molar-refractivity contribution >= 4 is 35.1 Å². The smallest absolute Gasteiger partial charge is 0.249 e. The monoisotopic (exact) mass is 305 g/mol. The molecule has 1 aromatic carbocycles. The molecule has 0 radical (unpaired) electrons. The van der Waals surface area contributed by atoms with Crippen LogP contribution < -0.4 is 10.6 Å². The fraction of sp³-hybridized carbons (Fsp3) is 0.231. The Hall–Kier alpha value is -2.41. The number of benzene rings is 1. The Morgan fingerprint density at radius 3 is 3.14 bits per heavy atom. The van der Waals surface area contributed by atoms with Crippen molar-refractivity contribution in [3.63, 3.8) is 0 Å². The summed E-state index contributed by atoms with van der Waals surface area (Å²) in [6.07, 6.45) is 1.31. The number of carbonyl (C=O) groups excluding carboxylic acids is 2. The Balaban J connectivity index is 1.87. The van der Waals surface area contributed by atoms with Crippen molar-refractivity contribution in [3.05, 3.63) is 35.1 Å². The summed E-state index contributed by atoms with van der Waals surface area (Å²) in [4.78, 5) is 27.9. The second-order valence-electron chi connectivity index (χ2n) is 4.70. The van der Waals surface area contributed by atoms with E-state index in [1.54, 1.807) is 18.2 Å². The van der Waals surface area contributed by atoms with Gasteiger partial charge in [0.1, 0.15) is 12.4 Å². The van der Waals surface area contributed by atoms with Crippen LogP contribution in [0.2, 0.25) is 5.02 Å². The summed E-state index contributed by atoms with van der Waals surface area (Å²) in [6, 6.07) is 4.52. The number of nitrogens with zero attached hydrogens (tertiary/aromatic N) is 3. The molecule has 7 nitrogen and oxygen atoms in total. The van der Waals surface area contributed by atoms with Crippen LogP contribution in [0.5, 0.6) is 0 Å². The highest BCUT2D eigenvalue weighted by Gasteiger charge is 2.32. The van der Waals surface area contributed by atoms with Gasteiger partial charge in [0.25, 0.3) is 0 Å². The summed E-state index contributed by atoms with van der Waals surface area (Å²) in [6.45, 7) is 1.81. The van der Waals surface area contributed by atoms with E-state index >= 15 is 0 Å². The number of carbonyl (C=O) groups is 2. The minimum Gasteiger partial charge on any atom is -0.324 e. The summed E-state index contributed by atoms with van der Waals surface area (Å²) in [5, 5.41) is 9.88. The first-order chi connectivity index (χ1) is 10.1. The van der Waals surface area contributed by atoms with Crippen LogP contribution in [-0.2, 0) is 9.59 Å². The lowest BCUT2D eigenvalue weighted by molar-refractivity contribution is -0.125. The normalized spacial score (nSPS) is 17.0. The number of amides is 2. The molecule has 0 saturated heterocycles. The maximum absolute atomic E-state index is 12.4. The fourth-order valence-electron chi connectivity index (χ4n) is 2.17. The highest BCUT2D eigenvalue weighted by Crippen LogP contribution is 2.26. The van der Waals surface area contributed by atoms with Gasteiger partial charge in [-0.2, -0.15) is 10.1 Å². The molecule has 1 aromatic heterocycles. The van der Waals surface area contributed by atoms with Crippen molar-refractivity contribution < 1.29 is 9.59 Å². The molecule has 0 bridgehead atoms. The molecule has 0 spiro atoms. The van der Waals surface area contributed by atoms with Gasteiger partial charge >= 0.3 is 0 Å². The third-order valence-electron chi connectivity index (χ3n) is 3.33. The van der Waals surface area contributed by atoms with Gasteiger partial charge in [-0.15, -0.1) is 0 Å². The second-order valence-corrected chi connectivity index (χ2v) is 5.11. The van der Waals surface area contributed by atoms with Crippen LogP contribution in [-0.4, -0.2) is 26.6 Å². The SMILES string of the molecule is Cc1c(Cl)cccc1NC(=O)C1CC(=O)Nc2ncnn21. The molecule has 1 atom stereocenters. The van der Waals surface area contributed by atoms with Gasteiger partial charge in [0.05, 0.1) is 6.42 Å².